The molecule has 0 unspecified atom stereocenters. The van der Waals surface area contributed by atoms with Crippen LogP contribution in [0.1, 0.15) is 17.0 Å². The van der Waals surface area contributed by atoms with Crippen LogP contribution in [-0.4, -0.2) is 18.8 Å². The van der Waals surface area contributed by atoms with Gasteiger partial charge in [0.1, 0.15) is 0 Å². The monoisotopic (exact) mass is 245 g/mol. The van der Waals surface area contributed by atoms with Gasteiger partial charge >= 0.3 is 0 Å². The van der Waals surface area contributed by atoms with Crippen molar-refractivity contribution in [3.8, 4) is 11.5 Å². The minimum atomic E-state index is 0.766. The van der Waals surface area contributed by atoms with Gasteiger partial charge in [-0.25, -0.2) is 0 Å². The van der Waals surface area contributed by atoms with E-state index in [1.807, 2.05) is 12.1 Å². The summed E-state index contributed by atoms with van der Waals surface area (Å²) in [6.07, 6.45) is 0. The zero-order valence-electron chi connectivity index (χ0n) is 11.4. The van der Waals surface area contributed by atoms with Crippen molar-refractivity contribution in [2.75, 3.05) is 14.2 Å². The molecule has 3 heteroatoms. The number of nitrogens with zero attached hydrogens (tertiary/aromatic N) is 1. The Morgan fingerprint density at radius 3 is 2.06 bits per heavy atom. The predicted molar refractivity (Wildman–Crippen MR) is 72.6 cm³/mol. The van der Waals surface area contributed by atoms with Gasteiger partial charge in [0.05, 0.1) is 14.2 Å². The van der Waals surface area contributed by atoms with E-state index in [9.17, 15) is 0 Å². The summed E-state index contributed by atoms with van der Waals surface area (Å²) >= 11 is 0. The highest BCUT2D eigenvalue weighted by Crippen LogP contribution is 2.28. The fourth-order valence-corrected chi connectivity index (χ4v) is 2.11. The maximum absolute atomic E-state index is 5.32. The molecular weight excluding hydrogens is 226 g/mol. The SMILES string of the molecule is COc1ccc(Cn2c(C)ccc2C)cc1OC. The third kappa shape index (κ3) is 2.35. The van der Waals surface area contributed by atoms with Crippen molar-refractivity contribution in [3.05, 3.63) is 47.3 Å². The Labute approximate surface area is 108 Å². The number of hydrogen-bond acceptors (Lipinski definition) is 2. The standard InChI is InChI=1S/C15H19NO2/c1-11-5-6-12(2)16(11)10-13-7-8-14(17-3)15(9-13)18-4/h5-9H,10H2,1-4H3. The number of aryl methyl sites for hydroxylation is 2. The van der Waals surface area contributed by atoms with Crippen molar-refractivity contribution in [2.24, 2.45) is 0 Å². The topological polar surface area (TPSA) is 23.4 Å². The Bertz CT molecular complexity index is 524. The van der Waals surface area contributed by atoms with Crippen LogP contribution in [0.2, 0.25) is 0 Å². The van der Waals surface area contributed by atoms with Crippen molar-refractivity contribution >= 4 is 0 Å². The van der Waals surface area contributed by atoms with E-state index in [-0.39, 0.29) is 0 Å². The fourth-order valence-electron chi connectivity index (χ4n) is 2.11. The number of aromatic nitrogens is 1. The molecule has 2 aromatic rings. The van der Waals surface area contributed by atoms with Gasteiger partial charge in [-0.3, -0.25) is 0 Å². The molecule has 1 aromatic carbocycles. The predicted octanol–water partition coefficient (Wildman–Crippen LogP) is 3.17. The number of hydrogen-bond donors (Lipinski definition) is 0. The van der Waals surface area contributed by atoms with E-state index in [1.165, 1.54) is 17.0 Å². The molecule has 3 nitrogen and oxygen atoms in total. The van der Waals surface area contributed by atoms with Crippen LogP contribution in [0.5, 0.6) is 11.5 Å². The highest BCUT2D eigenvalue weighted by molar-refractivity contribution is 5.43. The Morgan fingerprint density at radius 1 is 0.889 bits per heavy atom. The summed E-state index contributed by atoms with van der Waals surface area (Å²) in [7, 11) is 3.31. The second-order valence-corrected chi connectivity index (χ2v) is 4.39. The average molecular weight is 245 g/mol. The first kappa shape index (κ1) is 12.6. The summed E-state index contributed by atoms with van der Waals surface area (Å²) in [6.45, 7) is 5.09. The van der Waals surface area contributed by atoms with E-state index >= 15 is 0 Å². The van der Waals surface area contributed by atoms with Gasteiger partial charge in [-0.15, -0.1) is 0 Å². The van der Waals surface area contributed by atoms with Gasteiger partial charge in [-0.05, 0) is 43.7 Å². The van der Waals surface area contributed by atoms with Gasteiger partial charge < -0.3 is 14.0 Å². The third-order valence-corrected chi connectivity index (χ3v) is 3.21. The molecule has 0 spiro atoms. The van der Waals surface area contributed by atoms with Gasteiger partial charge in [0.15, 0.2) is 11.5 Å². The van der Waals surface area contributed by atoms with E-state index in [4.69, 9.17) is 9.47 Å². The van der Waals surface area contributed by atoms with Crippen molar-refractivity contribution < 1.29 is 9.47 Å². The first-order chi connectivity index (χ1) is 8.65. The molecule has 0 radical (unpaired) electrons. The second-order valence-electron chi connectivity index (χ2n) is 4.39. The highest BCUT2D eigenvalue weighted by atomic mass is 16.5. The second kappa shape index (κ2) is 5.17. The smallest absolute Gasteiger partial charge is 0.161 e. The lowest BCUT2D eigenvalue weighted by Gasteiger charge is -2.12. The lowest BCUT2D eigenvalue weighted by atomic mass is 10.2. The normalized spacial score (nSPS) is 10.4. The van der Waals surface area contributed by atoms with E-state index in [1.54, 1.807) is 14.2 Å². The van der Waals surface area contributed by atoms with Gasteiger partial charge in [0, 0.05) is 17.9 Å². The highest BCUT2D eigenvalue weighted by Gasteiger charge is 2.07. The Morgan fingerprint density at radius 2 is 1.50 bits per heavy atom. The van der Waals surface area contributed by atoms with E-state index in [0.29, 0.717) is 0 Å². The van der Waals surface area contributed by atoms with E-state index in [0.717, 1.165) is 18.0 Å². The quantitative estimate of drug-likeness (QED) is 0.826. The van der Waals surface area contributed by atoms with Gasteiger partial charge in [-0.2, -0.15) is 0 Å². The van der Waals surface area contributed by atoms with Crippen LogP contribution < -0.4 is 9.47 Å². The van der Waals surface area contributed by atoms with Crippen molar-refractivity contribution in [1.29, 1.82) is 0 Å². The number of ether oxygens (including phenoxy) is 2. The summed E-state index contributed by atoms with van der Waals surface area (Å²) in [5, 5.41) is 0. The molecule has 96 valence electrons. The lowest BCUT2D eigenvalue weighted by Crippen LogP contribution is -2.04. The molecule has 0 amide bonds. The Balaban J connectivity index is 2.30. The molecule has 0 bridgehead atoms. The molecule has 2 rings (SSSR count). The van der Waals surface area contributed by atoms with E-state index < -0.39 is 0 Å². The van der Waals surface area contributed by atoms with Crippen LogP contribution in [0.25, 0.3) is 0 Å². The molecule has 0 aliphatic heterocycles. The lowest BCUT2D eigenvalue weighted by molar-refractivity contribution is 0.354. The zero-order chi connectivity index (χ0) is 13.1. The summed E-state index contributed by atoms with van der Waals surface area (Å²) in [4.78, 5) is 0. The summed E-state index contributed by atoms with van der Waals surface area (Å²) in [5.74, 6) is 1.54. The van der Waals surface area contributed by atoms with Gasteiger partial charge in [-0.1, -0.05) is 6.07 Å². The summed E-state index contributed by atoms with van der Waals surface area (Å²) in [5.41, 5.74) is 3.74. The van der Waals surface area contributed by atoms with Crippen LogP contribution in [0, 0.1) is 13.8 Å². The van der Waals surface area contributed by atoms with Crippen LogP contribution in [-0.2, 0) is 6.54 Å². The Kier molecular flexibility index (Phi) is 3.60. The number of rotatable bonds is 4. The summed E-state index contributed by atoms with van der Waals surface area (Å²) < 4.78 is 12.8. The van der Waals surface area contributed by atoms with Crippen LogP contribution in [0.4, 0.5) is 0 Å². The number of methoxy groups -OCH3 is 2. The molecule has 0 saturated heterocycles. The van der Waals surface area contributed by atoms with Crippen LogP contribution >= 0.6 is 0 Å². The molecule has 0 saturated carbocycles. The molecule has 18 heavy (non-hydrogen) atoms. The minimum Gasteiger partial charge on any atom is -0.493 e. The first-order valence-corrected chi connectivity index (χ1v) is 5.99. The van der Waals surface area contributed by atoms with Crippen molar-refractivity contribution in [3.63, 3.8) is 0 Å². The minimum absolute atomic E-state index is 0.766. The van der Waals surface area contributed by atoms with Gasteiger partial charge in [0.25, 0.3) is 0 Å². The molecule has 0 aliphatic rings. The van der Waals surface area contributed by atoms with Crippen molar-refractivity contribution in [2.45, 2.75) is 20.4 Å². The van der Waals surface area contributed by atoms with Crippen LogP contribution in [0.15, 0.2) is 30.3 Å². The maximum atomic E-state index is 5.32. The third-order valence-electron chi connectivity index (χ3n) is 3.21. The first-order valence-electron chi connectivity index (χ1n) is 5.99. The molecule has 0 N–H and O–H groups in total. The molecular formula is C15H19NO2. The average Bonchev–Trinajstić information content (AvgIpc) is 2.70. The zero-order valence-corrected chi connectivity index (χ0v) is 11.4. The maximum Gasteiger partial charge on any atom is 0.161 e. The fraction of sp³-hybridized carbons (Fsp3) is 0.333. The molecule has 1 heterocycles. The Hall–Kier alpha value is -1.90. The molecule has 0 atom stereocenters. The van der Waals surface area contributed by atoms with E-state index in [2.05, 4.69) is 36.6 Å². The largest absolute Gasteiger partial charge is 0.493 e. The molecule has 1 aromatic heterocycles. The van der Waals surface area contributed by atoms with Crippen molar-refractivity contribution in [1.82, 2.24) is 4.57 Å². The van der Waals surface area contributed by atoms with Crippen LogP contribution in [0.3, 0.4) is 0 Å². The summed E-state index contributed by atoms with van der Waals surface area (Å²) in [6, 6.07) is 10.3. The number of benzene rings is 1. The molecule has 0 aliphatic carbocycles. The van der Waals surface area contributed by atoms with Gasteiger partial charge in [0.2, 0.25) is 0 Å². The molecule has 0 fully saturated rings.